The molecule has 0 aromatic rings. The van der Waals surface area contributed by atoms with Crippen LogP contribution in [0.5, 0.6) is 0 Å². The van der Waals surface area contributed by atoms with Gasteiger partial charge in [-0.05, 0) is 30.9 Å². The maximum atomic E-state index is 14.0. The van der Waals surface area contributed by atoms with Gasteiger partial charge in [-0.15, -0.1) is 0 Å². The fourth-order valence-corrected chi connectivity index (χ4v) is 1.79. The summed E-state index contributed by atoms with van der Waals surface area (Å²) in [5, 5.41) is 0. The zero-order chi connectivity index (χ0) is 10.6. The molecule has 1 aliphatic rings. The predicted octanol–water partition coefficient (Wildman–Crippen LogP) is 2.25. The fraction of sp³-hybridized carbons (Fsp3) is 0.818. The Morgan fingerprint density at radius 2 is 2.29 bits per heavy atom. The van der Waals surface area contributed by atoms with Crippen molar-refractivity contribution in [1.82, 2.24) is 0 Å². The normalized spacial score (nSPS) is 21.4. The van der Waals surface area contributed by atoms with Gasteiger partial charge in [0.2, 0.25) is 0 Å². The van der Waals surface area contributed by atoms with Gasteiger partial charge in [-0.3, -0.25) is 0 Å². The average molecular weight is 201 g/mol. The predicted molar refractivity (Wildman–Crippen MR) is 55.5 cm³/mol. The molecule has 0 amide bonds. The van der Waals surface area contributed by atoms with Crippen molar-refractivity contribution in [2.24, 2.45) is 17.6 Å². The number of ether oxygens (including phenoxy) is 1. The molecule has 3 heteroatoms. The first-order valence-corrected chi connectivity index (χ1v) is 5.31. The van der Waals surface area contributed by atoms with Crippen LogP contribution in [0.4, 0.5) is 4.39 Å². The first-order chi connectivity index (χ1) is 6.66. The molecular formula is C11H20FNO. The lowest BCUT2D eigenvalue weighted by molar-refractivity contribution is 0.175. The summed E-state index contributed by atoms with van der Waals surface area (Å²) in [6, 6.07) is 0. The molecule has 0 aromatic heterocycles. The number of alkyl halides is 1. The van der Waals surface area contributed by atoms with Crippen molar-refractivity contribution in [3.8, 4) is 0 Å². The third-order valence-corrected chi connectivity index (χ3v) is 2.82. The van der Waals surface area contributed by atoms with Crippen LogP contribution in [-0.4, -0.2) is 19.3 Å². The van der Waals surface area contributed by atoms with E-state index in [0.717, 1.165) is 18.4 Å². The number of halogens is 1. The molecule has 1 heterocycles. The molecule has 2 atom stereocenters. The number of hydrogen-bond acceptors (Lipinski definition) is 2. The van der Waals surface area contributed by atoms with Crippen molar-refractivity contribution < 1.29 is 9.13 Å². The van der Waals surface area contributed by atoms with E-state index >= 15 is 0 Å². The lowest BCUT2D eigenvalue weighted by Crippen LogP contribution is -2.31. The van der Waals surface area contributed by atoms with Gasteiger partial charge in [-0.25, -0.2) is 4.39 Å². The van der Waals surface area contributed by atoms with E-state index in [2.05, 4.69) is 0 Å². The third-order valence-electron chi connectivity index (χ3n) is 2.82. The van der Waals surface area contributed by atoms with Crippen molar-refractivity contribution in [2.45, 2.75) is 32.9 Å². The van der Waals surface area contributed by atoms with Gasteiger partial charge < -0.3 is 10.5 Å². The average Bonchev–Trinajstić information content (AvgIpc) is 2.19. The summed E-state index contributed by atoms with van der Waals surface area (Å²) >= 11 is 0. The summed E-state index contributed by atoms with van der Waals surface area (Å²) in [5.41, 5.74) is 6.35. The molecule has 82 valence electrons. The lowest BCUT2D eigenvalue weighted by Gasteiger charge is -2.26. The molecule has 0 saturated carbocycles. The highest BCUT2D eigenvalue weighted by molar-refractivity contribution is 5.09. The van der Waals surface area contributed by atoms with E-state index in [1.54, 1.807) is 6.26 Å². The highest BCUT2D eigenvalue weighted by Crippen LogP contribution is 2.27. The summed E-state index contributed by atoms with van der Waals surface area (Å²) < 4.78 is 19.1. The van der Waals surface area contributed by atoms with Gasteiger partial charge in [0.05, 0.1) is 12.9 Å². The minimum absolute atomic E-state index is 0.0806. The Balaban J connectivity index is 2.61. The molecule has 14 heavy (non-hydrogen) atoms. The Morgan fingerprint density at radius 1 is 1.57 bits per heavy atom. The minimum Gasteiger partial charge on any atom is -0.501 e. The highest BCUT2D eigenvalue weighted by Gasteiger charge is 2.27. The maximum Gasteiger partial charge on any atom is 0.129 e. The Bertz CT molecular complexity index is 203. The summed E-state index contributed by atoms with van der Waals surface area (Å²) in [5.74, 6) is 0.195. The third kappa shape index (κ3) is 2.71. The van der Waals surface area contributed by atoms with Crippen LogP contribution in [0.15, 0.2) is 11.8 Å². The maximum absolute atomic E-state index is 14.0. The van der Waals surface area contributed by atoms with Gasteiger partial charge in [-0.2, -0.15) is 0 Å². The van der Waals surface area contributed by atoms with E-state index < -0.39 is 6.17 Å². The van der Waals surface area contributed by atoms with Crippen LogP contribution in [0.3, 0.4) is 0 Å². The highest BCUT2D eigenvalue weighted by atomic mass is 19.1. The van der Waals surface area contributed by atoms with Crippen molar-refractivity contribution in [3.05, 3.63) is 11.8 Å². The number of nitrogens with two attached hydrogens (primary N) is 1. The van der Waals surface area contributed by atoms with Gasteiger partial charge in [0, 0.05) is 5.92 Å². The zero-order valence-electron chi connectivity index (χ0n) is 9.00. The Morgan fingerprint density at radius 3 is 2.71 bits per heavy atom. The molecule has 0 spiro atoms. The molecule has 2 N–H and O–H groups in total. The largest absolute Gasteiger partial charge is 0.501 e. The molecule has 0 fully saturated rings. The number of hydrogen-bond donors (Lipinski definition) is 1. The van der Waals surface area contributed by atoms with Crippen LogP contribution in [0.25, 0.3) is 0 Å². The van der Waals surface area contributed by atoms with Gasteiger partial charge in [0.25, 0.3) is 0 Å². The van der Waals surface area contributed by atoms with Gasteiger partial charge in [0.15, 0.2) is 0 Å². The second-order valence-electron chi connectivity index (χ2n) is 4.21. The molecule has 0 radical (unpaired) electrons. The molecule has 0 saturated heterocycles. The van der Waals surface area contributed by atoms with Crippen molar-refractivity contribution in [2.75, 3.05) is 13.2 Å². The number of allylic oxidation sites excluding steroid dienone is 1. The molecule has 0 aromatic carbocycles. The topological polar surface area (TPSA) is 35.2 Å². The van der Waals surface area contributed by atoms with E-state index in [-0.39, 0.29) is 11.8 Å². The molecule has 0 bridgehead atoms. The first kappa shape index (κ1) is 11.5. The second-order valence-corrected chi connectivity index (χ2v) is 4.21. The lowest BCUT2D eigenvalue weighted by atomic mass is 9.86. The zero-order valence-corrected chi connectivity index (χ0v) is 9.00. The smallest absolute Gasteiger partial charge is 0.129 e. The molecule has 1 aliphatic heterocycles. The van der Waals surface area contributed by atoms with Crippen molar-refractivity contribution in [1.29, 1.82) is 0 Å². The van der Waals surface area contributed by atoms with E-state index in [4.69, 9.17) is 10.5 Å². The summed E-state index contributed by atoms with van der Waals surface area (Å²) in [7, 11) is 0. The summed E-state index contributed by atoms with van der Waals surface area (Å²) in [6.45, 7) is 5.13. The molecular weight excluding hydrogens is 181 g/mol. The standard InChI is InChI=1S/C11H20FNO/c1-8(2)10(6-13)11(12)9-4-3-5-14-7-9/h7-8,10-11H,3-6,13H2,1-2H3. The van der Waals surface area contributed by atoms with E-state index in [1.165, 1.54) is 0 Å². The van der Waals surface area contributed by atoms with E-state index in [9.17, 15) is 4.39 Å². The van der Waals surface area contributed by atoms with Crippen LogP contribution < -0.4 is 5.73 Å². The van der Waals surface area contributed by atoms with Crippen LogP contribution in [-0.2, 0) is 4.74 Å². The van der Waals surface area contributed by atoms with Crippen molar-refractivity contribution >= 4 is 0 Å². The molecule has 2 nitrogen and oxygen atoms in total. The Kier molecular flexibility index (Phi) is 4.39. The molecule has 2 unspecified atom stereocenters. The van der Waals surface area contributed by atoms with Gasteiger partial charge >= 0.3 is 0 Å². The second kappa shape index (κ2) is 5.35. The van der Waals surface area contributed by atoms with E-state index in [0.29, 0.717) is 13.2 Å². The molecule has 1 rings (SSSR count). The Labute approximate surface area is 85.3 Å². The monoisotopic (exact) mass is 201 g/mol. The summed E-state index contributed by atoms with van der Waals surface area (Å²) in [6.07, 6.45) is 2.38. The van der Waals surface area contributed by atoms with Crippen LogP contribution in [0, 0.1) is 11.8 Å². The van der Waals surface area contributed by atoms with E-state index in [1.807, 2.05) is 13.8 Å². The van der Waals surface area contributed by atoms with Gasteiger partial charge in [-0.1, -0.05) is 13.8 Å². The SMILES string of the molecule is CC(C)C(CN)C(F)C1=COCCC1. The molecule has 0 aliphatic carbocycles. The van der Waals surface area contributed by atoms with Crippen LogP contribution in [0.2, 0.25) is 0 Å². The van der Waals surface area contributed by atoms with Gasteiger partial charge in [0.1, 0.15) is 6.17 Å². The first-order valence-electron chi connectivity index (χ1n) is 5.31. The fourth-order valence-electron chi connectivity index (χ4n) is 1.79. The quantitative estimate of drug-likeness (QED) is 0.757. The number of rotatable bonds is 4. The van der Waals surface area contributed by atoms with Crippen LogP contribution >= 0.6 is 0 Å². The van der Waals surface area contributed by atoms with Crippen LogP contribution in [0.1, 0.15) is 26.7 Å². The van der Waals surface area contributed by atoms with Crippen molar-refractivity contribution in [3.63, 3.8) is 0 Å². The Hall–Kier alpha value is -0.570. The summed E-state index contributed by atoms with van der Waals surface area (Å²) in [4.78, 5) is 0. The minimum atomic E-state index is -0.930.